The molecule has 0 spiro atoms. The van der Waals surface area contributed by atoms with Crippen molar-refractivity contribution < 1.29 is 9.59 Å². The molecule has 1 saturated heterocycles. The summed E-state index contributed by atoms with van der Waals surface area (Å²) in [4.78, 5) is 27.6. The first kappa shape index (κ1) is 12.6. The molecule has 0 unspecified atom stereocenters. The lowest BCUT2D eigenvalue weighted by atomic mass is 10.3. The summed E-state index contributed by atoms with van der Waals surface area (Å²) in [6, 6.07) is 3.71. The Morgan fingerprint density at radius 2 is 1.76 bits per heavy atom. The molecule has 1 aliphatic heterocycles. The van der Waals surface area contributed by atoms with Crippen LogP contribution in [0.5, 0.6) is 0 Å². The van der Waals surface area contributed by atoms with Crippen LogP contribution in [0.1, 0.15) is 16.6 Å². The molecular formula is C11H13BrN2O2S. The molecule has 1 aromatic heterocycles. The molecule has 0 saturated carbocycles. The standard InChI is InChI=1S/C11H13BrN2O2S/c1-8(15)13-4-6-14(7-5-13)11(16)9-2-3-10(12)17-9/h2-3H,4-7H2,1H3. The zero-order valence-corrected chi connectivity index (χ0v) is 11.9. The average Bonchev–Trinajstić information content (AvgIpc) is 2.75. The van der Waals surface area contributed by atoms with Crippen LogP contribution < -0.4 is 0 Å². The number of nitrogens with zero attached hydrogens (tertiary/aromatic N) is 2. The third-order valence-electron chi connectivity index (χ3n) is 2.80. The van der Waals surface area contributed by atoms with Crippen LogP contribution in [0.15, 0.2) is 15.9 Å². The van der Waals surface area contributed by atoms with Gasteiger partial charge in [-0.2, -0.15) is 0 Å². The molecule has 0 aliphatic carbocycles. The van der Waals surface area contributed by atoms with Crippen LogP contribution in [0, 0.1) is 0 Å². The van der Waals surface area contributed by atoms with Crippen molar-refractivity contribution in [1.29, 1.82) is 0 Å². The second-order valence-corrected chi connectivity index (χ2v) is 6.37. The summed E-state index contributed by atoms with van der Waals surface area (Å²) in [5.74, 6) is 0.139. The SMILES string of the molecule is CC(=O)N1CCN(C(=O)c2ccc(Br)s2)CC1. The Labute approximate surface area is 112 Å². The molecule has 0 bridgehead atoms. The van der Waals surface area contributed by atoms with Crippen LogP contribution >= 0.6 is 27.3 Å². The zero-order chi connectivity index (χ0) is 12.4. The quantitative estimate of drug-likeness (QED) is 0.793. The van der Waals surface area contributed by atoms with Gasteiger partial charge in [0.1, 0.15) is 0 Å². The van der Waals surface area contributed by atoms with Crippen molar-refractivity contribution in [1.82, 2.24) is 9.80 Å². The fraction of sp³-hybridized carbons (Fsp3) is 0.455. The number of carbonyl (C=O) groups is 2. The maximum Gasteiger partial charge on any atom is 0.264 e. The third-order valence-corrected chi connectivity index (χ3v) is 4.41. The average molecular weight is 317 g/mol. The van der Waals surface area contributed by atoms with Crippen LogP contribution in [-0.2, 0) is 4.79 Å². The molecule has 0 atom stereocenters. The Hall–Kier alpha value is -0.880. The fourth-order valence-corrected chi connectivity index (χ4v) is 3.16. The van der Waals surface area contributed by atoms with Gasteiger partial charge in [0, 0.05) is 33.1 Å². The number of halogens is 1. The van der Waals surface area contributed by atoms with Crippen LogP contribution in [-0.4, -0.2) is 47.8 Å². The molecule has 0 N–H and O–H groups in total. The van der Waals surface area contributed by atoms with E-state index in [0.29, 0.717) is 26.2 Å². The van der Waals surface area contributed by atoms with Crippen molar-refractivity contribution in [3.63, 3.8) is 0 Å². The van der Waals surface area contributed by atoms with Crippen LogP contribution in [0.25, 0.3) is 0 Å². The van der Waals surface area contributed by atoms with E-state index in [1.165, 1.54) is 11.3 Å². The molecule has 2 heterocycles. The smallest absolute Gasteiger partial charge is 0.264 e. The highest BCUT2D eigenvalue weighted by Gasteiger charge is 2.23. The van der Waals surface area contributed by atoms with E-state index >= 15 is 0 Å². The van der Waals surface area contributed by atoms with E-state index in [9.17, 15) is 9.59 Å². The summed E-state index contributed by atoms with van der Waals surface area (Å²) in [6.07, 6.45) is 0. The minimum absolute atomic E-state index is 0.0592. The number of piperazine rings is 1. The molecule has 2 amide bonds. The van der Waals surface area contributed by atoms with E-state index < -0.39 is 0 Å². The Balaban J connectivity index is 1.97. The predicted octanol–water partition coefficient (Wildman–Crippen LogP) is 1.81. The lowest BCUT2D eigenvalue weighted by Gasteiger charge is -2.33. The molecule has 1 aromatic rings. The molecule has 0 radical (unpaired) electrons. The summed E-state index contributed by atoms with van der Waals surface area (Å²) >= 11 is 4.79. The predicted molar refractivity (Wildman–Crippen MR) is 70.2 cm³/mol. The summed E-state index contributed by atoms with van der Waals surface area (Å²) in [7, 11) is 0. The zero-order valence-electron chi connectivity index (χ0n) is 9.48. The van der Waals surface area contributed by atoms with Gasteiger partial charge in [-0.25, -0.2) is 0 Å². The summed E-state index contributed by atoms with van der Waals surface area (Å²) < 4.78 is 0.961. The molecule has 4 nitrogen and oxygen atoms in total. The number of rotatable bonds is 1. The van der Waals surface area contributed by atoms with Gasteiger partial charge < -0.3 is 9.80 Å². The first-order chi connectivity index (χ1) is 8.08. The number of thiophene rings is 1. The minimum atomic E-state index is 0.0592. The van der Waals surface area contributed by atoms with E-state index in [0.717, 1.165) is 8.66 Å². The van der Waals surface area contributed by atoms with E-state index in [-0.39, 0.29) is 11.8 Å². The topological polar surface area (TPSA) is 40.6 Å². The van der Waals surface area contributed by atoms with E-state index in [4.69, 9.17) is 0 Å². The van der Waals surface area contributed by atoms with Crippen LogP contribution in [0.2, 0.25) is 0 Å². The number of carbonyl (C=O) groups excluding carboxylic acids is 2. The van der Waals surface area contributed by atoms with Crippen molar-refractivity contribution >= 4 is 39.1 Å². The first-order valence-corrected chi connectivity index (χ1v) is 6.99. The molecule has 17 heavy (non-hydrogen) atoms. The van der Waals surface area contributed by atoms with Crippen LogP contribution in [0.3, 0.4) is 0 Å². The van der Waals surface area contributed by atoms with E-state index in [1.54, 1.807) is 16.7 Å². The van der Waals surface area contributed by atoms with Crippen molar-refractivity contribution in [2.45, 2.75) is 6.92 Å². The molecule has 92 valence electrons. The molecule has 1 aliphatic rings. The minimum Gasteiger partial charge on any atom is -0.339 e. The van der Waals surface area contributed by atoms with Gasteiger partial charge in [0.25, 0.3) is 5.91 Å². The first-order valence-electron chi connectivity index (χ1n) is 5.38. The van der Waals surface area contributed by atoms with Crippen molar-refractivity contribution in [3.05, 3.63) is 20.8 Å². The van der Waals surface area contributed by atoms with Crippen molar-refractivity contribution in [2.24, 2.45) is 0 Å². The van der Waals surface area contributed by atoms with Gasteiger partial charge in [0.15, 0.2) is 0 Å². The monoisotopic (exact) mass is 316 g/mol. The highest BCUT2D eigenvalue weighted by molar-refractivity contribution is 9.11. The van der Waals surface area contributed by atoms with Gasteiger partial charge in [-0.3, -0.25) is 9.59 Å². The van der Waals surface area contributed by atoms with Gasteiger partial charge in [-0.15, -0.1) is 11.3 Å². The molecule has 6 heteroatoms. The lowest BCUT2D eigenvalue weighted by Crippen LogP contribution is -2.49. The molecule has 0 aromatic carbocycles. The second kappa shape index (κ2) is 5.18. The van der Waals surface area contributed by atoms with Gasteiger partial charge in [0.2, 0.25) is 5.91 Å². The Morgan fingerprint density at radius 1 is 1.18 bits per heavy atom. The second-order valence-electron chi connectivity index (χ2n) is 3.90. The lowest BCUT2D eigenvalue weighted by molar-refractivity contribution is -0.130. The van der Waals surface area contributed by atoms with Crippen LogP contribution in [0.4, 0.5) is 0 Å². The number of hydrogen-bond donors (Lipinski definition) is 0. The largest absolute Gasteiger partial charge is 0.339 e. The van der Waals surface area contributed by atoms with Crippen molar-refractivity contribution in [2.75, 3.05) is 26.2 Å². The Kier molecular flexibility index (Phi) is 3.83. The summed E-state index contributed by atoms with van der Waals surface area (Å²) in [5.41, 5.74) is 0. The van der Waals surface area contributed by atoms with Gasteiger partial charge in [-0.1, -0.05) is 0 Å². The molecule has 2 rings (SSSR count). The van der Waals surface area contributed by atoms with E-state index in [2.05, 4.69) is 15.9 Å². The van der Waals surface area contributed by atoms with Gasteiger partial charge >= 0.3 is 0 Å². The Morgan fingerprint density at radius 3 is 2.24 bits per heavy atom. The van der Waals surface area contributed by atoms with Gasteiger partial charge in [-0.05, 0) is 28.1 Å². The number of amides is 2. The third kappa shape index (κ3) is 2.87. The molecule has 1 fully saturated rings. The number of hydrogen-bond acceptors (Lipinski definition) is 3. The van der Waals surface area contributed by atoms with Gasteiger partial charge in [0.05, 0.1) is 8.66 Å². The molecular weight excluding hydrogens is 304 g/mol. The summed E-state index contributed by atoms with van der Waals surface area (Å²) in [5, 5.41) is 0. The fourth-order valence-electron chi connectivity index (χ4n) is 1.81. The highest BCUT2D eigenvalue weighted by Crippen LogP contribution is 2.23. The highest BCUT2D eigenvalue weighted by atomic mass is 79.9. The summed E-state index contributed by atoms with van der Waals surface area (Å²) in [6.45, 7) is 4.07. The van der Waals surface area contributed by atoms with Crippen molar-refractivity contribution in [3.8, 4) is 0 Å². The van der Waals surface area contributed by atoms with E-state index in [1.807, 2.05) is 12.1 Å². The normalized spacial score (nSPS) is 16.1. The Bertz CT molecular complexity index is 438. The maximum absolute atomic E-state index is 12.1. The maximum atomic E-state index is 12.1.